The van der Waals surface area contributed by atoms with Gasteiger partial charge in [0.15, 0.2) is 0 Å². The molecule has 9 aromatic carbocycles. The maximum absolute atomic E-state index is 6.74. The number of hydrogen-bond donors (Lipinski definition) is 0. The van der Waals surface area contributed by atoms with Crippen LogP contribution in [0.5, 0.6) is 0 Å². The van der Waals surface area contributed by atoms with Crippen molar-refractivity contribution in [3.8, 4) is 44.5 Å². The Morgan fingerprint density at radius 2 is 0.845 bits per heavy atom. The van der Waals surface area contributed by atoms with Crippen LogP contribution in [0.15, 0.2) is 223 Å². The van der Waals surface area contributed by atoms with Gasteiger partial charge in [0.25, 0.3) is 0 Å². The van der Waals surface area contributed by atoms with Crippen molar-refractivity contribution in [3.63, 3.8) is 0 Å². The standard InChI is InChI=1S/C56H39NO/c1-56(52-23-13-11-21-48(52)49-22-12-14-24-53(49)56)44-27-32-54-51(36-44)50-31-30-46(37-55(50)58-54)57(45-28-25-41(26-29-45)38-15-5-2-6-16-38)47-34-42(39-17-7-3-8-18-39)33-43(35-47)40-19-9-4-10-20-40/h2-37H,1H3. The van der Waals surface area contributed by atoms with Crippen molar-refractivity contribution in [2.45, 2.75) is 12.3 Å². The Hall–Kier alpha value is -7.42. The van der Waals surface area contributed by atoms with Gasteiger partial charge in [0.1, 0.15) is 11.2 Å². The molecule has 0 fully saturated rings. The van der Waals surface area contributed by atoms with Gasteiger partial charge >= 0.3 is 0 Å². The fourth-order valence-corrected chi connectivity index (χ4v) is 9.20. The van der Waals surface area contributed by atoms with Crippen molar-refractivity contribution in [2.24, 2.45) is 0 Å². The highest BCUT2D eigenvalue weighted by Gasteiger charge is 2.40. The second kappa shape index (κ2) is 13.7. The lowest BCUT2D eigenvalue weighted by Gasteiger charge is -2.28. The molecule has 10 aromatic rings. The van der Waals surface area contributed by atoms with Crippen LogP contribution in [0.2, 0.25) is 0 Å². The topological polar surface area (TPSA) is 16.4 Å². The lowest BCUT2D eigenvalue weighted by Crippen LogP contribution is -2.22. The summed E-state index contributed by atoms with van der Waals surface area (Å²) in [4.78, 5) is 2.36. The molecule has 0 saturated heterocycles. The molecule has 2 heteroatoms. The van der Waals surface area contributed by atoms with Crippen LogP contribution in [0.1, 0.15) is 23.6 Å². The van der Waals surface area contributed by atoms with Gasteiger partial charge in [0.2, 0.25) is 0 Å². The Bertz CT molecular complexity index is 3000. The maximum atomic E-state index is 6.74. The summed E-state index contributed by atoms with van der Waals surface area (Å²) in [6.07, 6.45) is 0. The molecule has 0 amide bonds. The highest BCUT2D eigenvalue weighted by atomic mass is 16.3. The maximum Gasteiger partial charge on any atom is 0.137 e. The Morgan fingerprint density at radius 3 is 1.43 bits per heavy atom. The molecule has 0 atom stereocenters. The summed E-state index contributed by atoms with van der Waals surface area (Å²) in [5.41, 5.74) is 18.2. The first-order chi connectivity index (χ1) is 28.6. The zero-order valence-electron chi connectivity index (χ0n) is 32.1. The third kappa shape index (κ3) is 5.56. The summed E-state index contributed by atoms with van der Waals surface area (Å²) in [5.74, 6) is 0. The van der Waals surface area contributed by atoms with Crippen LogP contribution in [-0.4, -0.2) is 0 Å². The Morgan fingerprint density at radius 1 is 0.345 bits per heavy atom. The quantitative estimate of drug-likeness (QED) is 0.162. The van der Waals surface area contributed by atoms with Crippen LogP contribution in [0.25, 0.3) is 66.4 Å². The molecule has 0 unspecified atom stereocenters. The highest BCUT2D eigenvalue weighted by molar-refractivity contribution is 6.07. The van der Waals surface area contributed by atoms with E-state index in [2.05, 4.69) is 230 Å². The van der Waals surface area contributed by atoms with E-state index >= 15 is 0 Å². The van der Waals surface area contributed by atoms with Gasteiger partial charge in [-0.05, 0) is 123 Å². The van der Waals surface area contributed by atoms with Gasteiger partial charge < -0.3 is 9.32 Å². The van der Waals surface area contributed by atoms with Gasteiger partial charge in [0, 0.05) is 39.3 Å². The highest BCUT2D eigenvalue weighted by Crippen LogP contribution is 2.53. The SMILES string of the molecule is CC1(c2ccc3oc4cc(N(c5ccc(-c6ccccc6)cc5)c5cc(-c6ccccc6)cc(-c6ccccc6)c5)ccc4c3c2)c2ccccc2-c2ccccc21. The molecule has 1 aliphatic carbocycles. The minimum atomic E-state index is -0.284. The van der Waals surface area contributed by atoms with E-state index in [9.17, 15) is 0 Å². The summed E-state index contributed by atoms with van der Waals surface area (Å²) >= 11 is 0. The molecule has 274 valence electrons. The zero-order chi connectivity index (χ0) is 38.6. The molecular formula is C56H39NO. The van der Waals surface area contributed by atoms with Gasteiger partial charge in [-0.1, -0.05) is 158 Å². The molecule has 2 nitrogen and oxygen atoms in total. The van der Waals surface area contributed by atoms with Gasteiger partial charge in [-0.3, -0.25) is 0 Å². The van der Waals surface area contributed by atoms with Gasteiger partial charge in [-0.15, -0.1) is 0 Å². The molecule has 1 aliphatic rings. The number of fused-ring (bicyclic) bond motifs is 6. The van der Waals surface area contributed by atoms with Crippen molar-refractivity contribution >= 4 is 39.0 Å². The number of benzene rings is 9. The minimum absolute atomic E-state index is 0.284. The van der Waals surface area contributed by atoms with Crippen LogP contribution >= 0.6 is 0 Å². The number of nitrogens with zero attached hydrogens (tertiary/aromatic N) is 1. The molecule has 1 aromatic heterocycles. The first-order valence-corrected chi connectivity index (χ1v) is 20.0. The van der Waals surface area contributed by atoms with Crippen molar-refractivity contribution in [3.05, 3.63) is 235 Å². The molecule has 0 saturated carbocycles. The molecule has 58 heavy (non-hydrogen) atoms. The molecule has 0 radical (unpaired) electrons. The normalized spacial score (nSPS) is 12.7. The van der Waals surface area contributed by atoms with E-state index in [1.165, 1.54) is 50.1 Å². The van der Waals surface area contributed by atoms with E-state index in [4.69, 9.17) is 4.42 Å². The van der Waals surface area contributed by atoms with Crippen LogP contribution in [0.3, 0.4) is 0 Å². The van der Waals surface area contributed by atoms with Crippen molar-refractivity contribution < 1.29 is 4.42 Å². The Labute approximate surface area is 338 Å². The van der Waals surface area contributed by atoms with E-state index in [-0.39, 0.29) is 5.41 Å². The van der Waals surface area contributed by atoms with E-state index in [1.807, 2.05) is 0 Å². The predicted molar refractivity (Wildman–Crippen MR) is 242 cm³/mol. The smallest absolute Gasteiger partial charge is 0.137 e. The average molecular weight is 742 g/mol. The first kappa shape index (κ1) is 33.9. The van der Waals surface area contributed by atoms with E-state index in [1.54, 1.807) is 0 Å². The fourth-order valence-electron chi connectivity index (χ4n) is 9.20. The van der Waals surface area contributed by atoms with E-state index in [0.717, 1.165) is 50.1 Å². The average Bonchev–Trinajstić information content (AvgIpc) is 3.80. The summed E-state index contributed by atoms with van der Waals surface area (Å²) in [7, 11) is 0. The summed E-state index contributed by atoms with van der Waals surface area (Å²) < 4.78 is 6.74. The second-order valence-electron chi connectivity index (χ2n) is 15.5. The fraction of sp³-hybridized carbons (Fsp3) is 0.0357. The van der Waals surface area contributed by atoms with Crippen LogP contribution in [0.4, 0.5) is 17.1 Å². The second-order valence-corrected chi connectivity index (χ2v) is 15.5. The molecule has 11 rings (SSSR count). The van der Waals surface area contributed by atoms with Crippen molar-refractivity contribution in [1.82, 2.24) is 0 Å². The molecule has 0 N–H and O–H groups in total. The Balaban J connectivity index is 1.08. The monoisotopic (exact) mass is 741 g/mol. The van der Waals surface area contributed by atoms with Crippen molar-refractivity contribution in [2.75, 3.05) is 4.90 Å². The van der Waals surface area contributed by atoms with Gasteiger partial charge in [-0.25, -0.2) is 0 Å². The number of anilines is 3. The predicted octanol–water partition coefficient (Wildman–Crippen LogP) is 15.4. The number of furan rings is 1. The minimum Gasteiger partial charge on any atom is -0.456 e. The Kier molecular flexibility index (Phi) is 7.97. The van der Waals surface area contributed by atoms with Crippen molar-refractivity contribution in [1.29, 1.82) is 0 Å². The van der Waals surface area contributed by atoms with Crippen LogP contribution in [0, 0.1) is 0 Å². The van der Waals surface area contributed by atoms with Crippen LogP contribution < -0.4 is 4.90 Å². The van der Waals surface area contributed by atoms with Gasteiger partial charge in [-0.2, -0.15) is 0 Å². The summed E-state index contributed by atoms with van der Waals surface area (Å²) in [6.45, 7) is 2.37. The van der Waals surface area contributed by atoms with Crippen LogP contribution in [-0.2, 0) is 5.41 Å². The molecule has 0 bridgehead atoms. The summed E-state index contributed by atoms with van der Waals surface area (Å²) in [6, 6.07) is 78.9. The third-order valence-electron chi connectivity index (χ3n) is 12.1. The van der Waals surface area contributed by atoms with Gasteiger partial charge in [0.05, 0.1) is 0 Å². The third-order valence-corrected chi connectivity index (χ3v) is 12.1. The molecule has 1 heterocycles. The molecule has 0 aliphatic heterocycles. The number of hydrogen-bond acceptors (Lipinski definition) is 2. The lowest BCUT2D eigenvalue weighted by molar-refractivity contribution is 0.667. The number of rotatable bonds is 7. The molecular weight excluding hydrogens is 703 g/mol. The first-order valence-electron chi connectivity index (χ1n) is 20.0. The lowest BCUT2D eigenvalue weighted by atomic mass is 9.74. The molecule has 0 spiro atoms. The van der Waals surface area contributed by atoms with E-state index < -0.39 is 0 Å². The summed E-state index contributed by atoms with van der Waals surface area (Å²) in [5, 5.41) is 2.23. The zero-order valence-corrected chi connectivity index (χ0v) is 32.1. The largest absolute Gasteiger partial charge is 0.456 e. The van der Waals surface area contributed by atoms with E-state index in [0.29, 0.717) is 0 Å².